The van der Waals surface area contributed by atoms with Crippen molar-refractivity contribution in [1.82, 2.24) is 15.5 Å². The van der Waals surface area contributed by atoms with E-state index in [0.717, 1.165) is 6.07 Å². The lowest BCUT2D eigenvalue weighted by atomic mass is 10.1. The number of carbonyl (C=O) groups is 2. The first-order valence-corrected chi connectivity index (χ1v) is 6.92. The summed E-state index contributed by atoms with van der Waals surface area (Å²) in [6, 6.07) is 1.66. The van der Waals surface area contributed by atoms with E-state index in [-0.39, 0.29) is 25.5 Å². The van der Waals surface area contributed by atoms with Gasteiger partial charge in [-0.3, -0.25) is 9.59 Å². The molecular formula is C14H15F4N3O2. The third-order valence-electron chi connectivity index (χ3n) is 3.34. The van der Waals surface area contributed by atoms with Gasteiger partial charge < -0.3 is 15.5 Å². The monoisotopic (exact) mass is 333 g/mol. The molecule has 9 heteroatoms. The van der Waals surface area contributed by atoms with Crippen LogP contribution in [0.25, 0.3) is 0 Å². The fourth-order valence-electron chi connectivity index (χ4n) is 2.17. The minimum atomic E-state index is -4.73. The van der Waals surface area contributed by atoms with Crippen molar-refractivity contribution in [2.24, 2.45) is 0 Å². The molecule has 126 valence electrons. The molecule has 23 heavy (non-hydrogen) atoms. The second kappa shape index (κ2) is 6.95. The number of carbonyl (C=O) groups excluding carboxylic acids is 2. The highest BCUT2D eigenvalue weighted by molar-refractivity contribution is 5.94. The quantitative estimate of drug-likeness (QED) is 0.809. The van der Waals surface area contributed by atoms with E-state index in [1.165, 1.54) is 4.90 Å². The summed E-state index contributed by atoms with van der Waals surface area (Å²) in [7, 11) is 0. The van der Waals surface area contributed by atoms with Crippen molar-refractivity contribution in [2.45, 2.75) is 6.18 Å². The van der Waals surface area contributed by atoms with E-state index in [1.807, 2.05) is 0 Å². The topological polar surface area (TPSA) is 61.4 Å². The molecule has 0 radical (unpaired) electrons. The molecule has 1 aliphatic rings. The lowest BCUT2D eigenvalue weighted by molar-refractivity contribution is -0.137. The first-order valence-electron chi connectivity index (χ1n) is 6.92. The van der Waals surface area contributed by atoms with E-state index in [0.29, 0.717) is 25.2 Å². The van der Waals surface area contributed by atoms with E-state index in [4.69, 9.17) is 0 Å². The van der Waals surface area contributed by atoms with Crippen molar-refractivity contribution in [2.75, 3.05) is 32.7 Å². The molecule has 2 N–H and O–H groups in total. The van der Waals surface area contributed by atoms with Gasteiger partial charge in [0.1, 0.15) is 5.82 Å². The van der Waals surface area contributed by atoms with Crippen LogP contribution in [0.1, 0.15) is 15.9 Å². The molecule has 1 aromatic rings. The highest BCUT2D eigenvalue weighted by Crippen LogP contribution is 2.30. The molecule has 0 spiro atoms. The molecule has 2 amide bonds. The van der Waals surface area contributed by atoms with E-state index in [2.05, 4.69) is 10.6 Å². The molecule has 0 unspecified atom stereocenters. The first kappa shape index (κ1) is 17.2. The molecule has 1 saturated heterocycles. The molecule has 2 rings (SSSR count). The van der Waals surface area contributed by atoms with Gasteiger partial charge >= 0.3 is 6.18 Å². The average Bonchev–Trinajstić information content (AvgIpc) is 2.47. The molecule has 0 saturated carbocycles. The Morgan fingerprint density at radius 3 is 2.70 bits per heavy atom. The van der Waals surface area contributed by atoms with Crippen LogP contribution in [0.15, 0.2) is 18.2 Å². The number of halogens is 4. The molecule has 0 atom stereocenters. The van der Waals surface area contributed by atoms with Gasteiger partial charge in [0, 0.05) is 31.7 Å². The summed E-state index contributed by atoms with van der Waals surface area (Å²) in [5, 5.41) is 5.27. The van der Waals surface area contributed by atoms with Gasteiger partial charge in [0.05, 0.1) is 12.1 Å². The van der Waals surface area contributed by atoms with Crippen LogP contribution in [0.5, 0.6) is 0 Å². The number of piperazine rings is 1. The van der Waals surface area contributed by atoms with E-state index < -0.39 is 29.0 Å². The third-order valence-corrected chi connectivity index (χ3v) is 3.34. The number of nitrogens with zero attached hydrogens (tertiary/aromatic N) is 1. The zero-order chi connectivity index (χ0) is 17.0. The Kier molecular flexibility index (Phi) is 5.19. The summed E-state index contributed by atoms with van der Waals surface area (Å²) in [5.74, 6) is -2.07. The average molecular weight is 333 g/mol. The lowest BCUT2D eigenvalue weighted by Crippen LogP contribution is -2.50. The second-order valence-corrected chi connectivity index (χ2v) is 5.04. The molecule has 1 fully saturated rings. The van der Waals surface area contributed by atoms with Crippen LogP contribution >= 0.6 is 0 Å². The van der Waals surface area contributed by atoms with Crippen LogP contribution in [0.3, 0.4) is 0 Å². The standard InChI is InChI=1S/C14H15F4N3O2/c15-11-6-9(5-10(7-11)14(16,17)18)13(23)20-2-4-21-3-1-19-8-12(21)22/h5-7,19H,1-4,8H2,(H,20,23). The van der Waals surface area contributed by atoms with Gasteiger partial charge in [0.2, 0.25) is 5.91 Å². The number of nitrogens with one attached hydrogen (secondary N) is 2. The number of alkyl halides is 3. The van der Waals surface area contributed by atoms with Gasteiger partial charge in [-0.2, -0.15) is 13.2 Å². The van der Waals surface area contributed by atoms with Crippen LogP contribution in [0.2, 0.25) is 0 Å². The van der Waals surface area contributed by atoms with Crippen molar-refractivity contribution in [1.29, 1.82) is 0 Å². The van der Waals surface area contributed by atoms with Crippen LogP contribution < -0.4 is 10.6 Å². The SMILES string of the molecule is O=C(NCCN1CCNCC1=O)c1cc(F)cc(C(F)(F)F)c1. The predicted octanol–water partition coefficient (Wildman–Crippen LogP) is 1.01. The van der Waals surface area contributed by atoms with E-state index >= 15 is 0 Å². The molecule has 0 aliphatic carbocycles. The Bertz CT molecular complexity index is 604. The van der Waals surface area contributed by atoms with E-state index in [9.17, 15) is 27.2 Å². The first-order chi connectivity index (χ1) is 10.8. The molecule has 1 aromatic carbocycles. The van der Waals surface area contributed by atoms with Crippen molar-refractivity contribution in [3.05, 3.63) is 35.1 Å². The summed E-state index contributed by atoms with van der Waals surface area (Å²) < 4.78 is 51.0. The van der Waals surface area contributed by atoms with Crippen LogP contribution in [-0.2, 0) is 11.0 Å². The predicted molar refractivity (Wildman–Crippen MR) is 73.2 cm³/mol. The Morgan fingerprint density at radius 2 is 2.04 bits per heavy atom. The minimum absolute atomic E-state index is 0.0719. The van der Waals surface area contributed by atoms with Gasteiger partial charge in [-0.1, -0.05) is 0 Å². The zero-order valence-corrected chi connectivity index (χ0v) is 12.0. The lowest BCUT2D eigenvalue weighted by Gasteiger charge is -2.27. The Morgan fingerprint density at radius 1 is 1.30 bits per heavy atom. The maximum Gasteiger partial charge on any atom is 0.416 e. The summed E-state index contributed by atoms with van der Waals surface area (Å²) in [6.07, 6.45) is -4.73. The fraction of sp³-hybridized carbons (Fsp3) is 0.429. The Hall–Kier alpha value is -2.16. The Labute approximate surface area is 129 Å². The molecule has 5 nitrogen and oxygen atoms in total. The van der Waals surface area contributed by atoms with Gasteiger partial charge in [-0.25, -0.2) is 4.39 Å². The number of hydrogen-bond donors (Lipinski definition) is 2. The van der Waals surface area contributed by atoms with Gasteiger partial charge in [-0.05, 0) is 18.2 Å². The maximum atomic E-state index is 13.2. The van der Waals surface area contributed by atoms with Gasteiger partial charge in [0.15, 0.2) is 0 Å². The summed E-state index contributed by atoms with van der Waals surface area (Å²) in [4.78, 5) is 24.9. The van der Waals surface area contributed by atoms with Crippen LogP contribution in [-0.4, -0.2) is 49.4 Å². The fourth-order valence-corrected chi connectivity index (χ4v) is 2.17. The summed E-state index contributed by atoms with van der Waals surface area (Å²) >= 11 is 0. The summed E-state index contributed by atoms with van der Waals surface area (Å²) in [5.41, 5.74) is -1.64. The zero-order valence-electron chi connectivity index (χ0n) is 12.0. The molecular weight excluding hydrogens is 318 g/mol. The molecule has 0 aromatic heterocycles. The normalized spacial score (nSPS) is 15.7. The number of amides is 2. The molecule has 0 bridgehead atoms. The van der Waals surface area contributed by atoms with Crippen LogP contribution in [0, 0.1) is 5.82 Å². The van der Waals surface area contributed by atoms with Crippen molar-refractivity contribution >= 4 is 11.8 Å². The van der Waals surface area contributed by atoms with Crippen molar-refractivity contribution < 1.29 is 27.2 Å². The largest absolute Gasteiger partial charge is 0.416 e. The third kappa shape index (κ3) is 4.65. The molecule has 1 aliphatic heterocycles. The maximum absolute atomic E-state index is 13.2. The van der Waals surface area contributed by atoms with Crippen molar-refractivity contribution in [3.8, 4) is 0 Å². The number of benzene rings is 1. The van der Waals surface area contributed by atoms with E-state index in [1.54, 1.807) is 0 Å². The molecule has 1 heterocycles. The van der Waals surface area contributed by atoms with Gasteiger partial charge in [0.25, 0.3) is 5.91 Å². The highest BCUT2D eigenvalue weighted by atomic mass is 19.4. The van der Waals surface area contributed by atoms with Gasteiger partial charge in [-0.15, -0.1) is 0 Å². The Balaban J connectivity index is 1.95. The minimum Gasteiger partial charge on any atom is -0.350 e. The second-order valence-electron chi connectivity index (χ2n) is 5.04. The highest BCUT2D eigenvalue weighted by Gasteiger charge is 2.32. The van der Waals surface area contributed by atoms with Crippen molar-refractivity contribution in [3.63, 3.8) is 0 Å². The smallest absolute Gasteiger partial charge is 0.350 e. The number of rotatable bonds is 4. The number of hydrogen-bond acceptors (Lipinski definition) is 3. The summed E-state index contributed by atoms with van der Waals surface area (Å²) in [6.45, 7) is 1.66. The van der Waals surface area contributed by atoms with Crippen LogP contribution in [0.4, 0.5) is 17.6 Å².